The fraction of sp³-hybridized carbons (Fsp3) is 0.625. The van der Waals surface area contributed by atoms with Crippen molar-refractivity contribution in [1.29, 1.82) is 0 Å². The van der Waals surface area contributed by atoms with Gasteiger partial charge in [-0.2, -0.15) is 13.2 Å². The van der Waals surface area contributed by atoms with Crippen molar-refractivity contribution in [3.05, 3.63) is 35.4 Å². The molecule has 1 aromatic carbocycles. The Morgan fingerprint density at radius 1 is 1.10 bits per heavy atom. The predicted molar refractivity (Wildman–Crippen MR) is 73.8 cm³/mol. The highest BCUT2D eigenvalue weighted by molar-refractivity contribution is 5.29. The summed E-state index contributed by atoms with van der Waals surface area (Å²) < 4.78 is 37.8. The third kappa shape index (κ3) is 2.94. The van der Waals surface area contributed by atoms with E-state index < -0.39 is 17.3 Å². The maximum Gasteiger partial charge on any atom is 0.416 e. The molecule has 0 radical (unpaired) electrons. The molecule has 2 heterocycles. The molecule has 2 aliphatic rings. The Balaban J connectivity index is 1.79. The summed E-state index contributed by atoms with van der Waals surface area (Å²) >= 11 is 0. The van der Waals surface area contributed by atoms with Gasteiger partial charge in [-0.1, -0.05) is 18.6 Å². The van der Waals surface area contributed by atoms with Gasteiger partial charge in [0.1, 0.15) is 0 Å². The maximum atomic E-state index is 12.6. The third-order valence-corrected chi connectivity index (χ3v) is 4.88. The fourth-order valence-electron chi connectivity index (χ4n) is 3.64. The summed E-state index contributed by atoms with van der Waals surface area (Å²) in [6, 6.07) is 5.36. The zero-order valence-electron chi connectivity index (χ0n) is 11.9. The Labute approximate surface area is 122 Å². The van der Waals surface area contributed by atoms with Crippen molar-refractivity contribution in [3.8, 4) is 0 Å². The molecule has 116 valence electrons. The lowest BCUT2D eigenvalue weighted by Gasteiger charge is -2.46. The van der Waals surface area contributed by atoms with Gasteiger partial charge in [0.2, 0.25) is 0 Å². The largest absolute Gasteiger partial charge is 0.416 e. The molecule has 0 aromatic heterocycles. The van der Waals surface area contributed by atoms with Gasteiger partial charge in [-0.15, -0.1) is 0 Å². The van der Waals surface area contributed by atoms with E-state index in [0.29, 0.717) is 24.4 Å². The lowest BCUT2D eigenvalue weighted by Crippen LogP contribution is -2.50. The normalized spacial score (nSPS) is 31.0. The van der Waals surface area contributed by atoms with E-state index in [1.54, 1.807) is 0 Å². The first-order chi connectivity index (χ1) is 9.88. The molecule has 0 spiro atoms. The molecular weight excluding hydrogens is 279 g/mol. The molecule has 2 saturated heterocycles. The number of benzene rings is 1. The number of nitrogens with zero attached hydrogens (tertiary/aromatic N) is 1. The molecular formula is C16H20F3NO. The molecule has 5 heteroatoms. The molecule has 0 unspecified atom stereocenters. The Kier molecular flexibility index (Phi) is 3.74. The van der Waals surface area contributed by atoms with Gasteiger partial charge in [0, 0.05) is 12.6 Å². The Morgan fingerprint density at radius 2 is 1.81 bits per heavy atom. The van der Waals surface area contributed by atoms with Gasteiger partial charge in [0.05, 0.1) is 11.2 Å². The smallest absolute Gasteiger partial charge is 0.385 e. The van der Waals surface area contributed by atoms with Crippen LogP contribution in [0, 0.1) is 0 Å². The van der Waals surface area contributed by atoms with Gasteiger partial charge in [-0.25, -0.2) is 0 Å². The molecule has 0 bridgehead atoms. The zero-order chi connectivity index (χ0) is 15.1. The third-order valence-electron chi connectivity index (χ3n) is 4.88. The number of alkyl halides is 3. The molecule has 2 aliphatic heterocycles. The molecule has 21 heavy (non-hydrogen) atoms. The number of piperidine rings is 2. The first-order valence-electron chi connectivity index (χ1n) is 7.53. The quantitative estimate of drug-likeness (QED) is 0.857. The average molecular weight is 299 g/mol. The topological polar surface area (TPSA) is 23.5 Å². The number of halogens is 3. The van der Waals surface area contributed by atoms with Crippen molar-refractivity contribution in [1.82, 2.24) is 4.90 Å². The van der Waals surface area contributed by atoms with Crippen LogP contribution < -0.4 is 0 Å². The van der Waals surface area contributed by atoms with Crippen LogP contribution in [0.25, 0.3) is 0 Å². The van der Waals surface area contributed by atoms with Gasteiger partial charge in [-0.3, -0.25) is 0 Å². The van der Waals surface area contributed by atoms with E-state index in [-0.39, 0.29) is 0 Å². The number of rotatable bonds is 1. The molecule has 0 amide bonds. The van der Waals surface area contributed by atoms with Crippen molar-refractivity contribution in [3.63, 3.8) is 0 Å². The fourth-order valence-corrected chi connectivity index (χ4v) is 3.64. The number of fused-ring (bicyclic) bond motifs is 1. The van der Waals surface area contributed by atoms with E-state index in [9.17, 15) is 18.3 Å². The molecule has 3 rings (SSSR count). The zero-order valence-corrected chi connectivity index (χ0v) is 11.9. The van der Waals surface area contributed by atoms with Gasteiger partial charge >= 0.3 is 6.18 Å². The number of hydrogen-bond acceptors (Lipinski definition) is 2. The van der Waals surface area contributed by atoms with Crippen LogP contribution in [0.2, 0.25) is 0 Å². The van der Waals surface area contributed by atoms with Gasteiger partial charge in [0.25, 0.3) is 0 Å². The Bertz CT molecular complexity index is 499. The van der Waals surface area contributed by atoms with Gasteiger partial charge < -0.3 is 10.0 Å². The number of hydrogen-bond donors (Lipinski definition) is 1. The molecule has 2 atom stereocenters. The number of aliphatic hydroxyl groups is 1. The Morgan fingerprint density at radius 3 is 2.48 bits per heavy atom. The van der Waals surface area contributed by atoms with E-state index in [4.69, 9.17) is 0 Å². The highest BCUT2D eigenvalue weighted by Gasteiger charge is 2.40. The average Bonchev–Trinajstić information content (AvgIpc) is 2.46. The molecule has 0 aliphatic carbocycles. The molecule has 0 saturated carbocycles. The first kappa shape index (κ1) is 14.9. The van der Waals surface area contributed by atoms with Crippen molar-refractivity contribution in [2.24, 2.45) is 0 Å². The monoisotopic (exact) mass is 299 g/mol. The second-order valence-electron chi connectivity index (χ2n) is 6.25. The van der Waals surface area contributed by atoms with Crippen LogP contribution in [0.1, 0.15) is 43.2 Å². The standard InChI is InChI=1S/C16H20F3NO/c17-16(18,19)13-6-4-12(5-7-13)15(21)8-10-20-9-2-1-3-14(20)11-15/h4-7,14,21H,1-3,8-11H2/t14-,15-/m1/s1. The van der Waals surface area contributed by atoms with Crippen molar-refractivity contribution >= 4 is 0 Å². The van der Waals surface area contributed by atoms with E-state index >= 15 is 0 Å². The van der Waals surface area contributed by atoms with E-state index in [0.717, 1.165) is 31.6 Å². The van der Waals surface area contributed by atoms with Crippen LogP contribution in [0.3, 0.4) is 0 Å². The van der Waals surface area contributed by atoms with E-state index in [2.05, 4.69) is 4.90 Å². The summed E-state index contributed by atoms with van der Waals surface area (Å²) in [5.41, 5.74) is -1.03. The van der Waals surface area contributed by atoms with E-state index in [1.165, 1.54) is 25.0 Å². The SMILES string of the molecule is O[C@]1(c2ccc(C(F)(F)F)cc2)CCN2CCCC[C@@H]2C1. The molecule has 1 N–H and O–H groups in total. The summed E-state index contributed by atoms with van der Waals surface area (Å²) in [5, 5.41) is 10.9. The van der Waals surface area contributed by atoms with Crippen LogP contribution in [0.4, 0.5) is 13.2 Å². The highest BCUT2D eigenvalue weighted by atomic mass is 19.4. The van der Waals surface area contributed by atoms with Crippen LogP contribution in [0.15, 0.2) is 24.3 Å². The van der Waals surface area contributed by atoms with Crippen molar-refractivity contribution < 1.29 is 18.3 Å². The summed E-state index contributed by atoms with van der Waals surface area (Å²) in [7, 11) is 0. The molecule has 1 aromatic rings. The molecule has 2 nitrogen and oxygen atoms in total. The van der Waals surface area contributed by atoms with Crippen LogP contribution in [0.5, 0.6) is 0 Å². The summed E-state index contributed by atoms with van der Waals surface area (Å²) in [5.74, 6) is 0. The van der Waals surface area contributed by atoms with Crippen LogP contribution in [-0.4, -0.2) is 29.1 Å². The van der Waals surface area contributed by atoms with Gasteiger partial charge in [-0.05, 0) is 49.9 Å². The summed E-state index contributed by atoms with van der Waals surface area (Å²) in [6.07, 6.45) is 0.337. The second kappa shape index (κ2) is 5.29. The maximum absolute atomic E-state index is 12.6. The summed E-state index contributed by atoms with van der Waals surface area (Å²) in [4.78, 5) is 2.40. The van der Waals surface area contributed by atoms with Gasteiger partial charge in [0.15, 0.2) is 0 Å². The summed E-state index contributed by atoms with van der Waals surface area (Å²) in [6.45, 7) is 1.90. The lowest BCUT2D eigenvalue weighted by molar-refractivity contribution is -0.137. The van der Waals surface area contributed by atoms with Crippen LogP contribution in [-0.2, 0) is 11.8 Å². The van der Waals surface area contributed by atoms with Crippen molar-refractivity contribution in [2.75, 3.05) is 13.1 Å². The van der Waals surface area contributed by atoms with Crippen LogP contribution >= 0.6 is 0 Å². The second-order valence-corrected chi connectivity index (χ2v) is 6.25. The lowest BCUT2D eigenvalue weighted by atomic mass is 9.78. The minimum absolute atomic E-state index is 0.361. The van der Waals surface area contributed by atoms with E-state index in [1.807, 2.05) is 0 Å². The Hall–Kier alpha value is -1.07. The minimum atomic E-state index is -4.33. The predicted octanol–water partition coefficient (Wildman–Crippen LogP) is 3.54. The molecule has 2 fully saturated rings. The highest BCUT2D eigenvalue weighted by Crippen LogP contribution is 2.39. The minimum Gasteiger partial charge on any atom is -0.385 e. The first-order valence-corrected chi connectivity index (χ1v) is 7.53. The van der Waals surface area contributed by atoms with Crippen molar-refractivity contribution in [2.45, 2.75) is 49.9 Å².